The van der Waals surface area contributed by atoms with Gasteiger partial charge in [-0.1, -0.05) is 30.3 Å². The second-order valence-electron chi connectivity index (χ2n) is 4.80. The Hall–Kier alpha value is -2.35. The van der Waals surface area contributed by atoms with Gasteiger partial charge in [-0.3, -0.25) is 0 Å². The largest absolute Gasteiger partial charge is 0.433 e. The van der Waals surface area contributed by atoms with E-state index in [1.807, 2.05) is 30.3 Å². The SMILES string of the molecule is OCCCNc1nc(NCc2ccccc2)cc(C(F)(F)F)n1. The zero-order chi connectivity index (χ0) is 16.7. The van der Waals surface area contributed by atoms with Crippen LogP contribution in [-0.4, -0.2) is 28.2 Å². The van der Waals surface area contributed by atoms with Crippen molar-refractivity contribution in [2.24, 2.45) is 0 Å². The molecule has 1 aromatic carbocycles. The van der Waals surface area contributed by atoms with Crippen LogP contribution in [0.3, 0.4) is 0 Å². The van der Waals surface area contributed by atoms with Gasteiger partial charge in [-0.05, 0) is 12.0 Å². The van der Waals surface area contributed by atoms with Crippen molar-refractivity contribution >= 4 is 11.8 Å². The smallest absolute Gasteiger partial charge is 0.396 e. The van der Waals surface area contributed by atoms with Crippen LogP contribution in [0.1, 0.15) is 17.7 Å². The van der Waals surface area contributed by atoms with E-state index in [1.54, 1.807) is 0 Å². The molecule has 0 aliphatic carbocycles. The van der Waals surface area contributed by atoms with E-state index in [-0.39, 0.29) is 24.9 Å². The van der Waals surface area contributed by atoms with Crippen LogP contribution in [0.15, 0.2) is 36.4 Å². The molecular formula is C15H17F3N4O. The highest BCUT2D eigenvalue weighted by Gasteiger charge is 2.33. The van der Waals surface area contributed by atoms with E-state index in [0.717, 1.165) is 11.6 Å². The molecule has 23 heavy (non-hydrogen) atoms. The maximum Gasteiger partial charge on any atom is 0.433 e. The molecule has 0 aliphatic rings. The Morgan fingerprint density at radius 3 is 2.43 bits per heavy atom. The first-order chi connectivity index (χ1) is 11.0. The Labute approximate surface area is 131 Å². The topological polar surface area (TPSA) is 70.1 Å². The molecule has 8 heteroatoms. The van der Waals surface area contributed by atoms with Gasteiger partial charge in [0, 0.05) is 25.8 Å². The molecule has 0 spiro atoms. The standard InChI is InChI=1S/C15H17F3N4O/c16-15(17,18)12-9-13(20-10-11-5-2-1-3-6-11)22-14(21-12)19-7-4-8-23/h1-3,5-6,9,23H,4,7-8,10H2,(H2,19,20,21,22). The molecule has 3 N–H and O–H groups in total. The molecule has 0 amide bonds. The van der Waals surface area contributed by atoms with Gasteiger partial charge in [0.05, 0.1) is 0 Å². The average Bonchev–Trinajstić information content (AvgIpc) is 2.53. The maximum absolute atomic E-state index is 12.9. The first-order valence-electron chi connectivity index (χ1n) is 7.08. The summed E-state index contributed by atoms with van der Waals surface area (Å²) in [5, 5.41) is 14.3. The van der Waals surface area contributed by atoms with Gasteiger partial charge in [0.15, 0.2) is 5.69 Å². The molecule has 2 aromatic rings. The van der Waals surface area contributed by atoms with Crippen molar-refractivity contribution in [1.29, 1.82) is 0 Å². The van der Waals surface area contributed by atoms with E-state index in [1.165, 1.54) is 0 Å². The highest BCUT2D eigenvalue weighted by Crippen LogP contribution is 2.29. The molecule has 0 unspecified atom stereocenters. The number of hydrogen-bond acceptors (Lipinski definition) is 5. The molecule has 124 valence electrons. The third-order valence-corrected chi connectivity index (χ3v) is 2.95. The molecule has 0 saturated heterocycles. The summed E-state index contributed by atoms with van der Waals surface area (Å²) in [6.45, 7) is 0.576. The van der Waals surface area contributed by atoms with Crippen molar-refractivity contribution in [1.82, 2.24) is 9.97 Å². The fraction of sp³-hybridized carbons (Fsp3) is 0.333. The summed E-state index contributed by atoms with van der Waals surface area (Å²) in [5.74, 6) is -0.0356. The molecule has 5 nitrogen and oxygen atoms in total. The first-order valence-corrected chi connectivity index (χ1v) is 7.08. The van der Waals surface area contributed by atoms with E-state index in [0.29, 0.717) is 13.0 Å². The normalized spacial score (nSPS) is 11.3. The summed E-state index contributed by atoms with van der Waals surface area (Å²) in [4.78, 5) is 7.48. The summed E-state index contributed by atoms with van der Waals surface area (Å²) in [6.07, 6.45) is -4.16. The van der Waals surface area contributed by atoms with Crippen LogP contribution in [0, 0.1) is 0 Å². The Morgan fingerprint density at radius 2 is 1.78 bits per heavy atom. The van der Waals surface area contributed by atoms with Crippen LogP contribution in [-0.2, 0) is 12.7 Å². The number of aromatic nitrogens is 2. The van der Waals surface area contributed by atoms with Gasteiger partial charge < -0.3 is 15.7 Å². The maximum atomic E-state index is 12.9. The Balaban J connectivity index is 2.14. The molecular weight excluding hydrogens is 309 g/mol. The number of benzene rings is 1. The number of nitrogens with one attached hydrogen (secondary N) is 2. The second-order valence-corrected chi connectivity index (χ2v) is 4.80. The number of aliphatic hydroxyl groups is 1. The van der Waals surface area contributed by atoms with Gasteiger partial charge in [-0.25, -0.2) is 4.98 Å². The molecule has 0 radical (unpaired) electrons. The van der Waals surface area contributed by atoms with Crippen molar-refractivity contribution in [3.63, 3.8) is 0 Å². The van der Waals surface area contributed by atoms with Crippen molar-refractivity contribution in [2.75, 3.05) is 23.8 Å². The predicted molar refractivity (Wildman–Crippen MR) is 81.0 cm³/mol. The van der Waals surface area contributed by atoms with E-state index >= 15 is 0 Å². The Morgan fingerprint density at radius 1 is 1.04 bits per heavy atom. The van der Waals surface area contributed by atoms with E-state index in [9.17, 15) is 13.2 Å². The number of hydrogen-bond donors (Lipinski definition) is 3. The average molecular weight is 326 g/mol. The Bertz CT molecular complexity index is 620. The first kappa shape index (κ1) is 17.0. The van der Waals surface area contributed by atoms with Gasteiger partial charge in [-0.15, -0.1) is 0 Å². The molecule has 0 bridgehead atoms. The third-order valence-electron chi connectivity index (χ3n) is 2.95. The molecule has 0 saturated carbocycles. The summed E-state index contributed by atoms with van der Waals surface area (Å²) in [6, 6.07) is 10.2. The van der Waals surface area contributed by atoms with Gasteiger partial charge in [0.25, 0.3) is 0 Å². The zero-order valence-corrected chi connectivity index (χ0v) is 12.3. The van der Waals surface area contributed by atoms with Gasteiger partial charge in [0.2, 0.25) is 5.95 Å². The number of alkyl halides is 3. The predicted octanol–water partition coefficient (Wildman–Crippen LogP) is 2.90. The molecule has 2 rings (SSSR count). The van der Waals surface area contributed by atoms with Crippen molar-refractivity contribution < 1.29 is 18.3 Å². The zero-order valence-electron chi connectivity index (χ0n) is 12.3. The number of aliphatic hydroxyl groups excluding tert-OH is 1. The van der Waals surface area contributed by atoms with Crippen molar-refractivity contribution in [3.05, 3.63) is 47.7 Å². The third kappa shape index (κ3) is 5.41. The molecule has 1 aromatic heterocycles. The lowest BCUT2D eigenvalue weighted by atomic mass is 10.2. The molecule has 0 fully saturated rings. The lowest BCUT2D eigenvalue weighted by molar-refractivity contribution is -0.141. The molecule has 0 atom stereocenters. The summed E-state index contributed by atoms with van der Waals surface area (Å²) < 4.78 is 38.7. The van der Waals surface area contributed by atoms with Gasteiger partial charge in [-0.2, -0.15) is 18.2 Å². The Kier molecular flexibility index (Phi) is 5.75. The van der Waals surface area contributed by atoms with Crippen LogP contribution < -0.4 is 10.6 Å². The molecule has 0 aliphatic heterocycles. The van der Waals surface area contributed by atoms with Crippen LogP contribution in [0.5, 0.6) is 0 Å². The van der Waals surface area contributed by atoms with Crippen LogP contribution in [0.4, 0.5) is 24.9 Å². The van der Waals surface area contributed by atoms with Crippen molar-refractivity contribution in [2.45, 2.75) is 19.1 Å². The van der Waals surface area contributed by atoms with Gasteiger partial charge >= 0.3 is 6.18 Å². The monoisotopic (exact) mass is 326 g/mol. The highest BCUT2D eigenvalue weighted by atomic mass is 19.4. The van der Waals surface area contributed by atoms with E-state index in [4.69, 9.17) is 5.11 Å². The van der Waals surface area contributed by atoms with Crippen LogP contribution in [0.2, 0.25) is 0 Å². The van der Waals surface area contributed by atoms with Crippen LogP contribution in [0.25, 0.3) is 0 Å². The molecule has 1 heterocycles. The quantitative estimate of drug-likeness (QED) is 0.683. The summed E-state index contributed by atoms with van der Waals surface area (Å²) in [7, 11) is 0. The summed E-state index contributed by atoms with van der Waals surface area (Å²) >= 11 is 0. The lowest BCUT2D eigenvalue weighted by Crippen LogP contribution is -2.15. The van der Waals surface area contributed by atoms with Gasteiger partial charge in [0.1, 0.15) is 5.82 Å². The number of anilines is 2. The number of nitrogens with zero attached hydrogens (tertiary/aromatic N) is 2. The second kappa shape index (κ2) is 7.77. The van der Waals surface area contributed by atoms with Crippen molar-refractivity contribution in [3.8, 4) is 0 Å². The minimum absolute atomic E-state index is 0.0644. The number of halogens is 3. The number of rotatable bonds is 7. The minimum Gasteiger partial charge on any atom is -0.396 e. The minimum atomic E-state index is -4.56. The highest BCUT2D eigenvalue weighted by molar-refractivity contribution is 5.43. The van der Waals surface area contributed by atoms with Crippen LogP contribution >= 0.6 is 0 Å². The fourth-order valence-corrected chi connectivity index (χ4v) is 1.83. The lowest BCUT2D eigenvalue weighted by Gasteiger charge is -2.12. The fourth-order valence-electron chi connectivity index (χ4n) is 1.83. The van der Waals surface area contributed by atoms with E-state index < -0.39 is 11.9 Å². The van der Waals surface area contributed by atoms with E-state index in [2.05, 4.69) is 20.6 Å². The summed E-state index contributed by atoms with van der Waals surface area (Å²) in [5.41, 5.74) is -0.0935.